The van der Waals surface area contributed by atoms with Crippen LogP contribution in [0.15, 0.2) is 22.3 Å². The number of hydrogen-bond acceptors (Lipinski definition) is 3. The Morgan fingerprint density at radius 3 is 2.71 bits per heavy atom. The lowest BCUT2D eigenvalue weighted by Gasteiger charge is -2.05. The van der Waals surface area contributed by atoms with Crippen molar-refractivity contribution in [2.75, 3.05) is 6.61 Å². The molecule has 0 saturated carbocycles. The minimum absolute atomic E-state index is 0.182. The van der Waals surface area contributed by atoms with Crippen molar-refractivity contribution in [1.82, 2.24) is 0 Å². The molecule has 0 aliphatic carbocycles. The lowest BCUT2D eigenvalue weighted by Crippen LogP contribution is -2.21. The van der Waals surface area contributed by atoms with Crippen molar-refractivity contribution in [3.63, 3.8) is 0 Å². The van der Waals surface area contributed by atoms with E-state index < -0.39 is 11.6 Å². The van der Waals surface area contributed by atoms with Gasteiger partial charge in [-0.3, -0.25) is 0 Å². The predicted molar refractivity (Wildman–Crippen MR) is 60.9 cm³/mol. The number of rotatable bonds is 4. The molecule has 0 aliphatic heterocycles. The zero-order valence-corrected chi connectivity index (χ0v) is 9.15. The van der Waals surface area contributed by atoms with Crippen LogP contribution in [-0.4, -0.2) is 18.8 Å². The highest BCUT2D eigenvalue weighted by Gasteiger charge is 2.10. The minimum atomic E-state index is -1.04. The lowest BCUT2D eigenvalue weighted by atomic mass is 10.2. The first-order valence-electron chi connectivity index (χ1n) is 4.78. The fourth-order valence-corrected chi connectivity index (χ4v) is 1.08. The van der Waals surface area contributed by atoms with Crippen LogP contribution in [0.25, 0.3) is 0 Å². The summed E-state index contributed by atoms with van der Waals surface area (Å²) in [5.41, 5.74) is 10.4. The van der Waals surface area contributed by atoms with Crippen molar-refractivity contribution in [2.45, 2.75) is 6.92 Å². The Morgan fingerprint density at radius 2 is 2.12 bits per heavy atom. The van der Waals surface area contributed by atoms with E-state index in [1.54, 1.807) is 6.92 Å². The molecule has 1 aromatic rings. The number of nitrogens with two attached hydrogens (primary N) is 2. The molecule has 0 unspecified atom stereocenters. The van der Waals surface area contributed by atoms with E-state index in [1.807, 2.05) is 0 Å². The van der Waals surface area contributed by atoms with Crippen LogP contribution in [0.5, 0.6) is 5.75 Å². The minimum Gasteiger partial charge on any atom is -0.491 e. The molecule has 0 spiro atoms. The second kappa shape index (κ2) is 5.78. The first kappa shape index (κ1) is 12.9. The normalized spacial score (nSPS) is 10.5. The summed E-state index contributed by atoms with van der Waals surface area (Å²) in [6.07, 6.45) is 1.19. The van der Waals surface area contributed by atoms with Gasteiger partial charge in [0.1, 0.15) is 0 Å². The maximum Gasteiger partial charge on any atom is 0.211 e. The third-order valence-electron chi connectivity index (χ3n) is 1.70. The SMILES string of the molecule is CCOc1cc(C=NN=C(N)N)cc(F)c1F. The van der Waals surface area contributed by atoms with Crippen molar-refractivity contribution in [2.24, 2.45) is 21.7 Å². The molecule has 4 N–H and O–H groups in total. The van der Waals surface area contributed by atoms with Crippen molar-refractivity contribution in [1.29, 1.82) is 0 Å². The molecule has 92 valence electrons. The van der Waals surface area contributed by atoms with E-state index in [0.29, 0.717) is 0 Å². The molecule has 0 radical (unpaired) electrons. The van der Waals surface area contributed by atoms with Crippen LogP contribution in [0.1, 0.15) is 12.5 Å². The topological polar surface area (TPSA) is 86.0 Å². The second-order valence-corrected chi connectivity index (χ2v) is 3.02. The molecular weight excluding hydrogens is 230 g/mol. The third-order valence-corrected chi connectivity index (χ3v) is 1.70. The van der Waals surface area contributed by atoms with Gasteiger partial charge in [-0.1, -0.05) is 0 Å². The second-order valence-electron chi connectivity index (χ2n) is 3.02. The Balaban J connectivity index is 3.02. The summed E-state index contributed by atoms with van der Waals surface area (Å²) in [7, 11) is 0. The molecule has 17 heavy (non-hydrogen) atoms. The maximum atomic E-state index is 13.2. The van der Waals surface area contributed by atoms with Gasteiger partial charge < -0.3 is 16.2 Å². The van der Waals surface area contributed by atoms with Gasteiger partial charge in [-0.2, -0.15) is 9.49 Å². The molecule has 0 fully saturated rings. The zero-order chi connectivity index (χ0) is 12.8. The highest BCUT2D eigenvalue weighted by atomic mass is 19.2. The summed E-state index contributed by atoms with van der Waals surface area (Å²) in [5, 5.41) is 6.81. The molecule has 0 heterocycles. The first-order chi connectivity index (χ1) is 8.04. The highest BCUT2D eigenvalue weighted by molar-refractivity contribution is 5.82. The van der Waals surface area contributed by atoms with E-state index in [4.69, 9.17) is 16.2 Å². The van der Waals surface area contributed by atoms with Crippen LogP contribution in [0.3, 0.4) is 0 Å². The van der Waals surface area contributed by atoms with Crippen LogP contribution in [-0.2, 0) is 0 Å². The van der Waals surface area contributed by atoms with Crippen LogP contribution >= 0.6 is 0 Å². The Bertz CT molecular complexity index is 456. The Labute approximate surface area is 96.8 Å². The average molecular weight is 242 g/mol. The Kier molecular flexibility index (Phi) is 4.38. The van der Waals surface area contributed by atoms with E-state index in [0.717, 1.165) is 6.07 Å². The molecule has 0 amide bonds. The number of halogens is 2. The number of benzene rings is 1. The van der Waals surface area contributed by atoms with Gasteiger partial charge in [-0.25, -0.2) is 4.39 Å². The van der Waals surface area contributed by atoms with E-state index in [1.165, 1.54) is 12.3 Å². The Hall–Kier alpha value is -2.18. The first-order valence-corrected chi connectivity index (χ1v) is 4.78. The predicted octanol–water partition coefficient (Wildman–Crippen LogP) is 0.971. The fraction of sp³-hybridized carbons (Fsp3) is 0.200. The van der Waals surface area contributed by atoms with Gasteiger partial charge in [0.05, 0.1) is 12.8 Å². The monoisotopic (exact) mass is 242 g/mol. The molecule has 1 rings (SSSR count). The maximum absolute atomic E-state index is 13.2. The molecule has 0 atom stereocenters. The summed E-state index contributed by atoms with van der Waals surface area (Å²) in [4.78, 5) is 0. The average Bonchev–Trinajstić information content (AvgIpc) is 2.25. The number of guanidine groups is 1. The third kappa shape index (κ3) is 3.71. The Morgan fingerprint density at radius 1 is 1.41 bits per heavy atom. The summed E-state index contributed by atoms with van der Waals surface area (Å²) >= 11 is 0. The molecule has 5 nitrogen and oxygen atoms in total. The molecule has 0 saturated heterocycles. The van der Waals surface area contributed by atoms with Gasteiger partial charge in [-0.15, -0.1) is 5.10 Å². The molecule has 0 aliphatic rings. The van der Waals surface area contributed by atoms with Crippen LogP contribution in [0.2, 0.25) is 0 Å². The van der Waals surface area contributed by atoms with Crippen molar-refractivity contribution < 1.29 is 13.5 Å². The van der Waals surface area contributed by atoms with Crippen molar-refractivity contribution in [3.8, 4) is 5.75 Å². The number of hydrogen-bond donors (Lipinski definition) is 2. The fourth-order valence-electron chi connectivity index (χ4n) is 1.08. The van der Waals surface area contributed by atoms with Gasteiger partial charge in [0.25, 0.3) is 0 Å². The van der Waals surface area contributed by atoms with Gasteiger partial charge >= 0.3 is 0 Å². The van der Waals surface area contributed by atoms with E-state index >= 15 is 0 Å². The standard InChI is InChI=1S/C10H12F2N4O/c1-2-17-8-4-6(3-7(11)9(8)12)5-15-16-10(13)14/h3-5H,2H2,1H3,(H4,13,14,16). The smallest absolute Gasteiger partial charge is 0.211 e. The van der Waals surface area contributed by atoms with E-state index in [-0.39, 0.29) is 23.9 Å². The molecule has 1 aromatic carbocycles. The van der Waals surface area contributed by atoms with Gasteiger partial charge in [-0.05, 0) is 19.1 Å². The largest absolute Gasteiger partial charge is 0.491 e. The molecule has 0 aromatic heterocycles. The number of ether oxygens (including phenoxy) is 1. The summed E-state index contributed by atoms with van der Waals surface area (Å²) in [6.45, 7) is 1.89. The van der Waals surface area contributed by atoms with Gasteiger partial charge in [0.15, 0.2) is 11.6 Å². The zero-order valence-electron chi connectivity index (χ0n) is 9.15. The number of nitrogens with zero attached hydrogens (tertiary/aromatic N) is 2. The van der Waals surface area contributed by atoms with E-state index in [2.05, 4.69) is 10.2 Å². The molecular formula is C10H12F2N4O. The highest BCUT2D eigenvalue weighted by Crippen LogP contribution is 2.21. The summed E-state index contributed by atoms with van der Waals surface area (Å²) in [6, 6.07) is 2.26. The molecule has 7 heteroatoms. The summed E-state index contributed by atoms with van der Waals surface area (Å²) in [5.74, 6) is -2.47. The van der Waals surface area contributed by atoms with Crippen molar-refractivity contribution >= 4 is 12.2 Å². The summed E-state index contributed by atoms with van der Waals surface area (Å²) < 4.78 is 31.3. The van der Waals surface area contributed by atoms with Crippen LogP contribution in [0.4, 0.5) is 8.78 Å². The quantitative estimate of drug-likeness (QED) is 0.468. The van der Waals surface area contributed by atoms with E-state index in [9.17, 15) is 8.78 Å². The van der Waals surface area contributed by atoms with Crippen LogP contribution < -0.4 is 16.2 Å². The lowest BCUT2D eigenvalue weighted by molar-refractivity contribution is 0.314. The van der Waals surface area contributed by atoms with Gasteiger partial charge in [0.2, 0.25) is 11.8 Å². The molecule has 0 bridgehead atoms. The van der Waals surface area contributed by atoms with Gasteiger partial charge in [0, 0.05) is 5.56 Å². The van der Waals surface area contributed by atoms with Crippen LogP contribution in [0, 0.1) is 11.6 Å². The van der Waals surface area contributed by atoms with Crippen molar-refractivity contribution in [3.05, 3.63) is 29.3 Å².